The van der Waals surface area contributed by atoms with Crippen LogP contribution in [0.3, 0.4) is 0 Å². The van der Waals surface area contributed by atoms with Crippen molar-refractivity contribution in [3.8, 4) is 0 Å². The van der Waals surface area contributed by atoms with Crippen LogP contribution < -0.4 is 0 Å². The van der Waals surface area contributed by atoms with Crippen LogP contribution in [-0.4, -0.2) is 105 Å². The van der Waals surface area contributed by atoms with Crippen molar-refractivity contribution < 1.29 is 48.2 Å². The van der Waals surface area contributed by atoms with E-state index in [1.807, 2.05) is 0 Å². The molecule has 286 valence electrons. The second kappa shape index (κ2) is 12.3. The topological polar surface area (TPSA) is 122 Å². The maximum absolute atomic E-state index is 12.6. The molecular formula is C40H66O10. The third-order valence-corrected chi connectivity index (χ3v) is 16.6. The van der Waals surface area contributed by atoms with Crippen molar-refractivity contribution in [2.75, 3.05) is 27.9 Å². The number of hydrogen-bond acceptors (Lipinski definition) is 10. The van der Waals surface area contributed by atoms with E-state index < -0.39 is 36.2 Å². The van der Waals surface area contributed by atoms with Gasteiger partial charge in [-0.25, -0.2) is 0 Å². The summed E-state index contributed by atoms with van der Waals surface area (Å²) in [5.74, 6) is 0.936. The molecule has 17 atom stereocenters. The molecule has 2 aliphatic heterocycles. The molecule has 7 aliphatic rings. The highest BCUT2D eigenvalue weighted by atomic mass is 16.7. The van der Waals surface area contributed by atoms with E-state index in [9.17, 15) is 15.0 Å². The monoisotopic (exact) mass is 706 g/mol. The number of fused-ring (bicyclic) bond motifs is 4. The summed E-state index contributed by atoms with van der Waals surface area (Å²) in [5.41, 5.74) is -1.27. The number of esters is 1. The molecule has 2 spiro atoms. The van der Waals surface area contributed by atoms with Crippen LogP contribution in [-0.2, 0) is 38.0 Å². The molecule has 2 unspecified atom stereocenters. The summed E-state index contributed by atoms with van der Waals surface area (Å²) in [5, 5.41) is 23.7. The van der Waals surface area contributed by atoms with Crippen LogP contribution in [0.5, 0.6) is 0 Å². The molecule has 50 heavy (non-hydrogen) atoms. The lowest BCUT2D eigenvalue weighted by molar-refractivity contribution is -0.312. The third-order valence-electron chi connectivity index (χ3n) is 16.6. The molecule has 7 rings (SSSR count). The largest absolute Gasteiger partial charge is 0.457 e. The van der Waals surface area contributed by atoms with E-state index >= 15 is 0 Å². The van der Waals surface area contributed by atoms with E-state index in [4.69, 9.17) is 33.2 Å². The molecule has 0 amide bonds. The fraction of sp³-hybridized carbons (Fsp3) is 0.975. The molecular weight excluding hydrogens is 640 g/mol. The third kappa shape index (κ3) is 4.97. The lowest BCUT2D eigenvalue weighted by Crippen LogP contribution is -2.61. The zero-order chi connectivity index (χ0) is 36.4. The first kappa shape index (κ1) is 37.5. The van der Waals surface area contributed by atoms with E-state index in [0.717, 1.165) is 32.1 Å². The Bertz CT molecular complexity index is 1300. The van der Waals surface area contributed by atoms with Crippen molar-refractivity contribution in [3.63, 3.8) is 0 Å². The van der Waals surface area contributed by atoms with E-state index in [0.29, 0.717) is 24.9 Å². The fourth-order valence-corrected chi connectivity index (χ4v) is 14.4. The lowest BCUT2D eigenvalue weighted by atomic mass is 9.41. The van der Waals surface area contributed by atoms with Crippen LogP contribution in [0.15, 0.2) is 0 Å². The highest BCUT2D eigenvalue weighted by Crippen LogP contribution is 2.89. The molecule has 2 heterocycles. The average molecular weight is 707 g/mol. The molecule has 0 aromatic rings. The zero-order valence-electron chi connectivity index (χ0n) is 32.5. The Morgan fingerprint density at radius 1 is 0.920 bits per heavy atom. The van der Waals surface area contributed by atoms with Crippen LogP contribution in [0, 0.1) is 50.7 Å². The highest BCUT2D eigenvalue weighted by molar-refractivity contribution is 5.66. The lowest BCUT2D eigenvalue weighted by Gasteiger charge is -2.64. The second-order valence-electron chi connectivity index (χ2n) is 19.2. The summed E-state index contributed by atoms with van der Waals surface area (Å²) in [6.07, 6.45) is 4.87. The van der Waals surface area contributed by atoms with Crippen LogP contribution in [0.4, 0.5) is 0 Å². The van der Waals surface area contributed by atoms with Gasteiger partial charge in [0.15, 0.2) is 12.4 Å². The Kier molecular flexibility index (Phi) is 9.24. The Morgan fingerprint density at radius 2 is 1.58 bits per heavy atom. The SMILES string of the molecule is CO[C@@H]1[C@@H](OC)[C@H](O[C@H]2CC[C@]34C[C@]35CC[C@]3(C)C6C(O[C@@H]([C@H](OC(C)=O)C(C)(C)O)C[C@H]6C)[C@H](O)[C@@]3(C)[C@@H]5CC[C@H]4C2(C)C)OC[C@H]1OC. The van der Waals surface area contributed by atoms with Crippen LogP contribution in [0.2, 0.25) is 0 Å². The first-order valence-corrected chi connectivity index (χ1v) is 19.5. The Balaban J connectivity index is 1.13. The first-order chi connectivity index (χ1) is 23.4. The normalized spacial score (nSPS) is 52.8. The molecule has 0 aromatic carbocycles. The molecule has 2 saturated heterocycles. The number of aliphatic hydroxyl groups excluding tert-OH is 1. The first-order valence-electron chi connectivity index (χ1n) is 19.5. The zero-order valence-corrected chi connectivity index (χ0v) is 32.5. The van der Waals surface area contributed by atoms with Gasteiger partial charge in [0.1, 0.15) is 18.3 Å². The Labute approximate surface area is 299 Å². The van der Waals surface area contributed by atoms with Gasteiger partial charge in [-0.15, -0.1) is 0 Å². The van der Waals surface area contributed by atoms with Gasteiger partial charge in [0.25, 0.3) is 0 Å². The summed E-state index contributed by atoms with van der Waals surface area (Å²) in [6.45, 7) is 17.1. The standard InChI is InChI=1S/C40H66O10/c1-21-18-23(33(36(5,6)43)48-22(2)41)49-30-28(21)37(7)16-17-40-20-39(40)15-14-27(50-34-31(46-11)29(45-10)24(44-9)19-47-34)35(3,4)25(39)12-13-26(40)38(37,8)32(30)42/h21,23-34,42-43H,12-20H2,1-11H3/t21-,23-,24-,25+,26+,27+,28?,29+,30?,31-,32+,33+,34+,37-,38-,39-,40+/m1/s1. The quantitative estimate of drug-likeness (QED) is 0.255. The number of aliphatic hydroxyl groups is 2. The number of carbonyl (C=O) groups excluding carboxylic acids is 1. The van der Waals surface area contributed by atoms with Crippen molar-refractivity contribution in [1.82, 2.24) is 0 Å². The molecule has 5 saturated carbocycles. The van der Waals surface area contributed by atoms with E-state index in [-0.39, 0.29) is 69.4 Å². The van der Waals surface area contributed by atoms with Crippen LogP contribution >= 0.6 is 0 Å². The summed E-state index contributed by atoms with van der Waals surface area (Å²) >= 11 is 0. The molecule has 5 aliphatic carbocycles. The van der Waals surface area contributed by atoms with Crippen LogP contribution in [0.25, 0.3) is 0 Å². The van der Waals surface area contributed by atoms with Gasteiger partial charge < -0.3 is 43.4 Å². The van der Waals surface area contributed by atoms with Gasteiger partial charge in [-0.3, -0.25) is 4.79 Å². The maximum atomic E-state index is 12.6. The number of rotatable bonds is 8. The summed E-state index contributed by atoms with van der Waals surface area (Å²) in [6, 6.07) is 0. The number of hydrogen-bond donors (Lipinski definition) is 2. The number of carbonyl (C=O) groups is 1. The van der Waals surface area contributed by atoms with Crippen molar-refractivity contribution in [3.05, 3.63) is 0 Å². The fourth-order valence-electron chi connectivity index (χ4n) is 14.4. The van der Waals surface area contributed by atoms with Gasteiger partial charge in [-0.05, 0) is 111 Å². The summed E-state index contributed by atoms with van der Waals surface area (Å²) in [7, 11) is 5.06. The van der Waals surface area contributed by atoms with Gasteiger partial charge in [0.2, 0.25) is 0 Å². The average Bonchev–Trinajstić information content (AvgIpc) is 3.68. The van der Waals surface area contributed by atoms with Gasteiger partial charge in [0.05, 0.1) is 36.6 Å². The smallest absolute Gasteiger partial charge is 0.303 e. The predicted molar refractivity (Wildman–Crippen MR) is 185 cm³/mol. The number of ether oxygens (including phenoxy) is 7. The maximum Gasteiger partial charge on any atom is 0.303 e. The van der Waals surface area contributed by atoms with Gasteiger partial charge in [0, 0.05) is 33.7 Å². The van der Waals surface area contributed by atoms with Crippen molar-refractivity contribution in [2.24, 2.45) is 50.7 Å². The minimum absolute atomic E-state index is 0.0306. The van der Waals surface area contributed by atoms with E-state index in [1.165, 1.54) is 19.8 Å². The summed E-state index contributed by atoms with van der Waals surface area (Å²) in [4.78, 5) is 12.1. The van der Waals surface area contributed by atoms with E-state index in [1.54, 1.807) is 35.2 Å². The molecule has 0 aromatic heterocycles. The Hall–Kier alpha value is -0.850. The minimum atomic E-state index is -1.27. The summed E-state index contributed by atoms with van der Waals surface area (Å²) < 4.78 is 43.1. The predicted octanol–water partition coefficient (Wildman–Crippen LogP) is 5.29. The van der Waals surface area contributed by atoms with Crippen molar-refractivity contribution >= 4 is 5.97 Å². The van der Waals surface area contributed by atoms with Gasteiger partial charge in [-0.2, -0.15) is 0 Å². The molecule has 2 N–H and O–H groups in total. The molecule has 10 heteroatoms. The van der Waals surface area contributed by atoms with Crippen molar-refractivity contribution in [1.29, 1.82) is 0 Å². The molecule has 0 bridgehead atoms. The molecule has 7 fully saturated rings. The molecule has 0 radical (unpaired) electrons. The van der Waals surface area contributed by atoms with Gasteiger partial charge in [-0.1, -0.05) is 34.6 Å². The number of methoxy groups -OCH3 is 3. The highest BCUT2D eigenvalue weighted by Gasteiger charge is 2.84. The van der Waals surface area contributed by atoms with Crippen molar-refractivity contribution in [2.45, 2.75) is 167 Å². The van der Waals surface area contributed by atoms with Crippen LogP contribution in [0.1, 0.15) is 107 Å². The second-order valence-corrected chi connectivity index (χ2v) is 19.2. The Morgan fingerprint density at radius 3 is 2.20 bits per heavy atom. The van der Waals surface area contributed by atoms with Gasteiger partial charge >= 0.3 is 5.97 Å². The van der Waals surface area contributed by atoms with E-state index in [2.05, 4.69) is 34.6 Å². The minimum Gasteiger partial charge on any atom is -0.457 e. The molecule has 10 nitrogen and oxygen atoms in total.